The van der Waals surface area contributed by atoms with Gasteiger partial charge in [0.2, 0.25) is 11.9 Å². The van der Waals surface area contributed by atoms with Crippen LogP contribution in [0.4, 0.5) is 19.0 Å². The van der Waals surface area contributed by atoms with Gasteiger partial charge < -0.3 is 4.57 Å². The van der Waals surface area contributed by atoms with Crippen LogP contribution < -0.4 is 4.90 Å². The van der Waals surface area contributed by atoms with Crippen molar-refractivity contribution in [3.05, 3.63) is 65.4 Å². The van der Waals surface area contributed by atoms with Gasteiger partial charge in [-0.15, -0.1) is 0 Å². The zero-order valence-electron chi connectivity index (χ0n) is 19.0. The molecule has 0 radical (unpaired) electrons. The molecule has 7 nitrogen and oxygen atoms in total. The Labute approximate surface area is 194 Å². The third-order valence-corrected chi connectivity index (χ3v) is 6.17. The number of aromatic nitrogens is 3. The number of guanidine groups is 1. The van der Waals surface area contributed by atoms with Gasteiger partial charge in [0.25, 0.3) is 5.91 Å². The first kappa shape index (κ1) is 22.1. The van der Waals surface area contributed by atoms with E-state index in [4.69, 9.17) is 4.99 Å². The number of carbonyl (C=O) groups is 1. The summed E-state index contributed by atoms with van der Waals surface area (Å²) in [5.74, 6) is -1.14. The fourth-order valence-corrected chi connectivity index (χ4v) is 4.35. The van der Waals surface area contributed by atoms with Crippen molar-refractivity contribution >= 4 is 17.7 Å². The first-order valence-electron chi connectivity index (χ1n) is 11.1. The van der Waals surface area contributed by atoms with Gasteiger partial charge in [0.15, 0.2) is 17.3 Å². The summed E-state index contributed by atoms with van der Waals surface area (Å²) in [4.78, 5) is 30.2. The van der Waals surface area contributed by atoms with E-state index in [-0.39, 0.29) is 30.1 Å². The van der Waals surface area contributed by atoms with Crippen molar-refractivity contribution in [2.45, 2.75) is 33.4 Å². The molecule has 2 aliphatic rings. The Kier molecular flexibility index (Phi) is 5.38. The van der Waals surface area contributed by atoms with Gasteiger partial charge in [-0.2, -0.15) is 4.39 Å². The minimum Gasteiger partial charge on any atom is -0.305 e. The Morgan fingerprint density at radius 1 is 1.12 bits per heavy atom. The number of benzene rings is 1. The highest BCUT2D eigenvalue weighted by Gasteiger charge is 2.44. The van der Waals surface area contributed by atoms with Crippen LogP contribution in [0.3, 0.4) is 0 Å². The SMILES string of the molecule is CCN1C(=O)c2nc(-c3ccc(F)nc3)n(Cc3ccc(F)c(F)c3)c2N2C[C@@H](C(C)C)N=C12. The number of anilines is 1. The van der Waals surface area contributed by atoms with Gasteiger partial charge >= 0.3 is 0 Å². The molecule has 0 bridgehead atoms. The summed E-state index contributed by atoms with van der Waals surface area (Å²) < 4.78 is 42.8. The third-order valence-electron chi connectivity index (χ3n) is 6.17. The molecule has 1 aromatic carbocycles. The van der Waals surface area contributed by atoms with Crippen LogP contribution in [0.5, 0.6) is 0 Å². The molecule has 4 heterocycles. The molecule has 1 atom stereocenters. The molecule has 10 heteroatoms. The highest BCUT2D eigenvalue weighted by atomic mass is 19.2. The fraction of sp³-hybridized carbons (Fsp3) is 0.333. The quantitative estimate of drug-likeness (QED) is 0.529. The number of halogens is 3. The van der Waals surface area contributed by atoms with Crippen molar-refractivity contribution in [2.24, 2.45) is 10.9 Å². The maximum atomic E-state index is 14.0. The lowest BCUT2D eigenvalue weighted by molar-refractivity contribution is 0.0841. The Hall–Kier alpha value is -3.69. The second-order valence-electron chi connectivity index (χ2n) is 8.71. The molecule has 0 saturated carbocycles. The molecule has 1 amide bonds. The molecular formula is C24H23F3N6O. The number of fused-ring (bicyclic) bond motifs is 3. The number of nitrogens with zero attached hydrogens (tertiary/aromatic N) is 6. The van der Waals surface area contributed by atoms with Gasteiger partial charge in [0.1, 0.15) is 11.6 Å². The van der Waals surface area contributed by atoms with Crippen LogP contribution in [0, 0.1) is 23.5 Å². The summed E-state index contributed by atoms with van der Waals surface area (Å²) in [7, 11) is 0. The number of hydrogen-bond acceptors (Lipinski definition) is 5. The highest BCUT2D eigenvalue weighted by Crippen LogP contribution is 2.37. The topological polar surface area (TPSA) is 66.6 Å². The number of aliphatic imine (C=N–C) groups is 1. The van der Waals surface area contributed by atoms with Crippen molar-refractivity contribution in [2.75, 3.05) is 18.0 Å². The minimum absolute atomic E-state index is 0.0228. The monoisotopic (exact) mass is 468 g/mol. The van der Waals surface area contributed by atoms with Crippen molar-refractivity contribution in [1.82, 2.24) is 19.4 Å². The van der Waals surface area contributed by atoms with Crippen LogP contribution in [0.1, 0.15) is 36.8 Å². The molecule has 0 spiro atoms. The summed E-state index contributed by atoms with van der Waals surface area (Å²) in [6, 6.07) is 6.38. The second-order valence-corrected chi connectivity index (χ2v) is 8.71. The number of imidazole rings is 1. The van der Waals surface area contributed by atoms with Gasteiger partial charge in [-0.3, -0.25) is 14.6 Å². The van der Waals surface area contributed by atoms with E-state index in [1.54, 1.807) is 9.47 Å². The molecule has 3 aromatic rings. The molecular weight excluding hydrogens is 445 g/mol. The lowest BCUT2D eigenvalue weighted by Gasteiger charge is -2.33. The lowest BCUT2D eigenvalue weighted by Crippen LogP contribution is -2.50. The Bertz CT molecular complexity index is 1300. The maximum absolute atomic E-state index is 14.0. The maximum Gasteiger partial charge on any atom is 0.283 e. The van der Waals surface area contributed by atoms with Crippen LogP contribution in [-0.4, -0.2) is 50.4 Å². The van der Waals surface area contributed by atoms with Gasteiger partial charge in [-0.1, -0.05) is 19.9 Å². The molecule has 5 rings (SSSR count). The van der Waals surface area contributed by atoms with Crippen molar-refractivity contribution in [1.29, 1.82) is 0 Å². The molecule has 0 saturated heterocycles. The van der Waals surface area contributed by atoms with Crippen molar-refractivity contribution in [3.63, 3.8) is 0 Å². The van der Waals surface area contributed by atoms with Crippen LogP contribution in [0.15, 0.2) is 41.5 Å². The Balaban J connectivity index is 1.71. The van der Waals surface area contributed by atoms with Crippen LogP contribution >= 0.6 is 0 Å². The van der Waals surface area contributed by atoms with Gasteiger partial charge in [0.05, 0.1) is 19.1 Å². The smallest absolute Gasteiger partial charge is 0.283 e. The Morgan fingerprint density at radius 3 is 2.56 bits per heavy atom. The second kappa shape index (κ2) is 8.27. The van der Waals surface area contributed by atoms with Crippen LogP contribution in [0.25, 0.3) is 11.4 Å². The van der Waals surface area contributed by atoms with Gasteiger partial charge in [-0.25, -0.2) is 23.7 Å². The zero-order valence-corrected chi connectivity index (χ0v) is 19.0. The predicted octanol–water partition coefficient (Wildman–Crippen LogP) is 4.09. The minimum atomic E-state index is -0.965. The molecule has 0 N–H and O–H groups in total. The summed E-state index contributed by atoms with van der Waals surface area (Å²) in [5.41, 5.74) is 1.21. The molecule has 34 heavy (non-hydrogen) atoms. The number of pyridine rings is 1. The van der Waals surface area contributed by atoms with E-state index in [2.05, 4.69) is 23.8 Å². The molecule has 2 aliphatic heterocycles. The van der Waals surface area contributed by atoms with Crippen molar-refractivity contribution in [3.8, 4) is 11.4 Å². The Morgan fingerprint density at radius 2 is 1.91 bits per heavy atom. The number of rotatable bonds is 5. The number of carbonyl (C=O) groups excluding carboxylic acids is 1. The molecule has 2 aromatic heterocycles. The normalized spacial score (nSPS) is 17.3. The largest absolute Gasteiger partial charge is 0.305 e. The number of hydrogen-bond donors (Lipinski definition) is 0. The predicted molar refractivity (Wildman–Crippen MR) is 121 cm³/mol. The first-order valence-corrected chi connectivity index (χ1v) is 11.1. The van der Waals surface area contributed by atoms with E-state index in [0.717, 1.165) is 12.1 Å². The van der Waals surface area contributed by atoms with Crippen LogP contribution in [0.2, 0.25) is 0 Å². The first-order chi connectivity index (χ1) is 16.3. The molecule has 0 aliphatic carbocycles. The van der Waals surface area contributed by atoms with Crippen molar-refractivity contribution < 1.29 is 18.0 Å². The van der Waals surface area contributed by atoms with E-state index >= 15 is 0 Å². The van der Waals surface area contributed by atoms with E-state index < -0.39 is 17.6 Å². The van der Waals surface area contributed by atoms with E-state index in [9.17, 15) is 18.0 Å². The number of amides is 1. The highest BCUT2D eigenvalue weighted by molar-refractivity contribution is 6.18. The van der Waals surface area contributed by atoms with Gasteiger partial charge in [-0.05, 0) is 42.7 Å². The van der Waals surface area contributed by atoms with Crippen LogP contribution in [-0.2, 0) is 6.54 Å². The third kappa shape index (κ3) is 3.53. The van der Waals surface area contributed by atoms with E-state index in [0.29, 0.717) is 41.8 Å². The summed E-state index contributed by atoms with van der Waals surface area (Å²) in [5, 5.41) is 0. The average Bonchev–Trinajstić information content (AvgIpc) is 3.40. The lowest BCUT2D eigenvalue weighted by atomic mass is 10.1. The summed E-state index contributed by atoms with van der Waals surface area (Å²) in [6.45, 7) is 7.09. The molecule has 176 valence electrons. The molecule has 0 unspecified atom stereocenters. The average molecular weight is 468 g/mol. The zero-order chi connectivity index (χ0) is 24.1. The molecule has 0 fully saturated rings. The van der Waals surface area contributed by atoms with E-state index in [1.807, 2.05) is 11.8 Å². The summed E-state index contributed by atoms with van der Waals surface area (Å²) >= 11 is 0. The summed E-state index contributed by atoms with van der Waals surface area (Å²) in [6.07, 6.45) is 1.34. The van der Waals surface area contributed by atoms with E-state index in [1.165, 1.54) is 24.4 Å². The van der Waals surface area contributed by atoms with Gasteiger partial charge in [0, 0.05) is 18.3 Å². The standard InChI is InChI=1S/C24H23F3N6O/c1-4-31-23(34)20-22(33-12-18(13(2)3)29-24(31)33)32(11-14-5-7-16(25)17(26)9-14)21(30-20)15-6-8-19(27)28-10-15/h5-10,13,18H,4,11-12H2,1-3H3/t18-/m0/s1. The fourth-order valence-electron chi connectivity index (χ4n) is 4.35.